The molecule has 4 rings (SSSR count). The van der Waals surface area contributed by atoms with Gasteiger partial charge in [0.25, 0.3) is 5.91 Å². The third-order valence-electron chi connectivity index (χ3n) is 5.98. The fraction of sp³-hybridized carbons (Fsp3) is 0.167. The van der Waals surface area contributed by atoms with Crippen LogP contribution in [0.4, 0.5) is 14.5 Å². The number of anilines is 1. The fourth-order valence-corrected chi connectivity index (χ4v) is 4.28. The molecule has 0 saturated carbocycles. The van der Waals surface area contributed by atoms with Gasteiger partial charge in [0.15, 0.2) is 0 Å². The third kappa shape index (κ3) is 7.34. The van der Waals surface area contributed by atoms with Crippen molar-refractivity contribution in [3.63, 3.8) is 0 Å². The summed E-state index contributed by atoms with van der Waals surface area (Å²) in [5.41, 5.74) is 3.57. The number of carbonyl (C=O) groups excluding carboxylic acids is 2. The van der Waals surface area contributed by atoms with Crippen molar-refractivity contribution in [2.45, 2.75) is 19.9 Å². The highest BCUT2D eigenvalue weighted by molar-refractivity contribution is 6.42. The van der Waals surface area contributed by atoms with Crippen LogP contribution in [0.15, 0.2) is 72.9 Å². The number of benzene rings is 3. The predicted octanol–water partition coefficient (Wildman–Crippen LogP) is 7.30. The number of pyridine rings is 1. The molecule has 0 aliphatic heterocycles. The van der Waals surface area contributed by atoms with Crippen LogP contribution in [0.25, 0.3) is 22.3 Å². The van der Waals surface area contributed by atoms with Crippen molar-refractivity contribution in [2.75, 3.05) is 18.5 Å². The van der Waals surface area contributed by atoms with E-state index in [1.807, 2.05) is 0 Å². The molecule has 1 aromatic heterocycles. The molecule has 1 heterocycles. The summed E-state index contributed by atoms with van der Waals surface area (Å²) in [4.78, 5) is 28.0. The molecule has 2 N–H and O–H groups in total. The number of halogens is 4. The number of nitrogens with zero attached hydrogens (tertiary/aromatic N) is 1. The lowest BCUT2D eigenvalue weighted by atomic mass is 10.00. The van der Waals surface area contributed by atoms with Gasteiger partial charge in [0, 0.05) is 36.1 Å². The quantitative estimate of drug-likeness (QED) is 0.191. The Labute approximate surface area is 240 Å². The van der Waals surface area contributed by atoms with E-state index in [2.05, 4.69) is 15.6 Å². The van der Waals surface area contributed by atoms with Gasteiger partial charge in [0.1, 0.15) is 17.3 Å². The summed E-state index contributed by atoms with van der Waals surface area (Å²) in [6, 6.07) is 17.2. The van der Waals surface area contributed by atoms with E-state index < -0.39 is 23.5 Å². The zero-order valence-corrected chi connectivity index (χ0v) is 23.0. The van der Waals surface area contributed by atoms with Crippen LogP contribution in [-0.2, 0) is 16.1 Å². The van der Waals surface area contributed by atoms with Crippen LogP contribution in [0.1, 0.15) is 29.4 Å². The minimum Gasteiger partial charge on any atom is -0.466 e. The smallest absolute Gasteiger partial charge is 0.307 e. The van der Waals surface area contributed by atoms with Crippen molar-refractivity contribution in [1.29, 1.82) is 0 Å². The van der Waals surface area contributed by atoms with Crippen molar-refractivity contribution >= 4 is 40.8 Å². The number of hydrogen-bond acceptors (Lipinski definition) is 5. The molecule has 0 radical (unpaired) electrons. The molecule has 10 heteroatoms. The van der Waals surface area contributed by atoms with Crippen LogP contribution in [0, 0.1) is 11.6 Å². The van der Waals surface area contributed by atoms with Crippen molar-refractivity contribution in [3.05, 3.63) is 106 Å². The van der Waals surface area contributed by atoms with Crippen LogP contribution < -0.4 is 10.6 Å². The minimum atomic E-state index is -0.442. The summed E-state index contributed by atoms with van der Waals surface area (Å²) in [5.74, 6) is -1.72. The number of amides is 1. The molecule has 0 fully saturated rings. The number of ether oxygens (including phenoxy) is 1. The first-order valence-electron chi connectivity index (χ1n) is 12.4. The number of hydrogen-bond donors (Lipinski definition) is 2. The molecule has 0 saturated heterocycles. The molecule has 0 aliphatic rings. The summed E-state index contributed by atoms with van der Waals surface area (Å²) in [5, 5.41) is 6.51. The topological polar surface area (TPSA) is 80.3 Å². The second kappa shape index (κ2) is 13.4. The highest BCUT2D eigenvalue weighted by atomic mass is 35.5. The van der Waals surface area contributed by atoms with Gasteiger partial charge in [-0.15, -0.1) is 0 Å². The van der Waals surface area contributed by atoms with Crippen LogP contribution in [0.5, 0.6) is 0 Å². The van der Waals surface area contributed by atoms with Crippen molar-refractivity contribution in [3.8, 4) is 22.3 Å². The molecule has 206 valence electrons. The highest BCUT2D eigenvalue weighted by Gasteiger charge is 2.13. The van der Waals surface area contributed by atoms with E-state index in [4.69, 9.17) is 27.9 Å². The number of aromatic nitrogens is 1. The molecule has 0 atom stereocenters. The Morgan fingerprint density at radius 2 is 1.70 bits per heavy atom. The largest absolute Gasteiger partial charge is 0.466 e. The van der Waals surface area contributed by atoms with Gasteiger partial charge in [-0.2, -0.15) is 0 Å². The molecule has 3 aromatic carbocycles. The number of rotatable bonds is 10. The molecule has 0 aliphatic carbocycles. The lowest BCUT2D eigenvalue weighted by Crippen LogP contribution is -2.27. The van der Waals surface area contributed by atoms with E-state index in [1.54, 1.807) is 49.4 Å². The van der Waals surface area contributed by atoms with Crippen LogP contribution in [-0.4, -0.2) is 30.0 Å². The Bertz CT molecular complexity index is 1530. The normalized spacial score (nSPS) is 10.7. The van der Waals surface area contributed by atoms with E-state index in [0.29, 0.717) is 38.0 Å². The number of carbonyl (C=O) groups is 2. The first-order chi connectivity index (χ1) is 19.2. The highest BCUT2D eigenvalue weighted by Crippen LogP contribution is 2.31. The third-order valence-corrected chi connectivity index (χ3v) is 6.72. The fourth-order valence-electron chi connectivity index (χ4n) is 3.98. The van der Waals surface area contributed by atoms with Crippen molar-refractivity contribution in [2.24, 2.45) is 0 Å². The number of nitrogens with one attached hydrogen (secondary N) is 2. The van der Waals surface area contributed by atoms with E-state index in [9.17, 15) is 18.4 Å². The lowest BCUT2D eigenvalue weighted by molar-refractivity contribution is -0.142. The van der Waals surface area contributed by atoms with Gasteiger partial charge in [-0.25, -0.2) is 8.78 Å². The van der Waals surface area contributed by atoms with E-state index in [-0.39, 0.29) is 31.8 Å². The minimum absolute atomic E-state index is 0.0550. The summed E-state index contributed by atoms with van der Waals surface area (Å²) < 4.78 is 33.9. The molecular weight excluding hydrogens is 559 g/mol. The van der Waals surface area contributed by atoms with Crippen LogP contribution >= 0.6 is 23.2 Å². The van der Waals surface area contributed by atoms with Crippen molar-refractivity contribution in [1.82, 2.24) is 10.3 Å². The molecule has 4 aromatic rings. The first kappa shape index (κ1) is 29.0. The zero-order valence-electron chi connectivity index (χ0n) is 21.4. The monoisotopic (exact) mass is 583 g/mol. The Morgan fingerprint density at radius 1 is 0.900 bits per heavy atom. The Morgan fingerprint density at radius 3 is 2.40 bits per heavy atom. The summed E-state index contributed by atoms with van der Waals surface area (Å²) >= 11 is 12.0. The van der Waals surface area contributed by atoms with Gasteiger partial charge in [0.05, 0.1) is 23.1 Å². The molecule has 6 nitrogen and oxygen atoms in total. The van der Waals surface area contributed by atoms with Gasteiger partial charge in [-0.3, -0.25) is 14.6 Å². The molecule has 1 amide bonds. The lowest BCUT2D eigenvalue weighted by Gasteiger charge is -2.13. The Balaban J connectivity index is 1.45. The molecule has 0 bridgehead atoms. The average molecular weight is 584 g/mol. The van der Waals surface area contributed by atoms with Gasteiger partial charge in [-0.1, -0.05) is 41.4 Å². The van der Waals surface area contributed by atoms with Gasteiger partial charge in [0.2, 0.25) is 0 Å². The summed E-state index contributed by atoms with van der Waals surface area (Å²) in [6.07, 6.45) is 1.53. The van der Waals surface area contributed by atoms with E-state index >= 15 is 0 Å². The average Bonchev–Trinajstić information content (AvgIpc) is 2.94. The van der Waals surface area contributed by atoms with Crippen LogP contribution in [0.2, 0.25) is 10.0 Å². The maximum absolute atomic E-state index is 14.9. The van der Waals surface area contributed by atoms with Crippen molar-refractivity contribution < 1.29 is 23.1 Å². The summed E-state index contributed by atoms with van der Waals surface area (Å²) in [7, 11) is 0. The van der Waals surface area contributed by atoms with Gasteiger partial charge in [-0.05, 0) is 72.1 Å². The second-order valence-corrected chi connectivity index (χ2v) is 9.54. The standard InChI is InChI=1S/C30H25Cl2F2N3O3/c1-2-40-29(38)11-12-35-30(39)28-10-5-20(17-37-28)24-14-21(33)6-3-19(24)16-36-22-7-8-23(27(34)15-22)18-4-9-25(31)26(32)13-18/h3-10,13-15,17,36H,2,11-12,16H2,1H3,(H,35,39). The Kier molecular flexibility index (Phi) is 9.69. The predicted molar refractivity (Wildman–Crippen MR) is 152 cm³/mol. The molecule has 40 heavy (non-hydrogen) atoms. The first-order valence-corrected chi connectivity index (χ1v) is 13.2. The second-order valence-electron chi connectivity index (χ2n) is 8.72. The molecule has 0 unspecified atom stereocenters. The summed E-state index contributed by atoms with van der Waals surface area (Å²) in [6.45, 7) is 2.38. The molecule has 0 spiro atoms. The maximum atomic E-state index is 14.9. The van der Waals surface area contributed by atoms with Gasteiger partial charge < -0.3 is 15.4 Å². The Hall–Kier alpha value is -4.01. The van der Waals surface area contributed by atoms with E-state index in [1.165, 1.54) is 30.5 Å². The van der Waals surface area contributed by atoms with Crippen LogP contribution in [0.3, 0.4) is 0 Å². The maximum Gasteiger partial charge on any atom is 0.307 e. The number of esters is 1. The molecular formula is C30H25Cl2F2N3O3. The van der Waals surface area contributed by atoms with Gasteiger partial charge >= 0.3 is 5.97 Å². The SMILES string of the molecule is CCOC(=O)CCNC(=O)c1ccc(-c2cc(F)ccc2CNc2ccc(-c3ccc(Cl)c(Cl)c3)c(F)c2)cn1. The zero-order chi connectivity index (χ0) is 28.6. The van der Waals surface area contributed by atoms with E-state index in [0.717, 1.165) is 5.56 Å².